The maximum Gasteiger partial charge on any atom is 0.219 e. The molecule has 1 aliphatic carbocycles. The van der Waals surface area contributed by atoms with Gasteiger partial charge in [0, 0.05) is 25.6 Å². The van der Waals surface area contributed by atoms with Crippen molar-refractivity contribution in [3.8, 4) is 0 Å². The van der Waals surface area contributed by atoms with E-state index in [4.69, 9.17) is 5.73 Å². The highest BCUT2D eigenvalue weighted by Crippen LogP contribution is 2.35. The van der Waals surface area contributed by atoms with Crippen molar-refractivity contribution < 1.29 is 4.79 Å². The molecule has 4 heteroatoms. The fourth-order valence-corrected chi connectivity index (χ4v) is 3.24. The number of carbonyl (C=O) groups excluding carboxylic acids is 1. The predicted molar refractivity (Wildman–Crippen MR) is 80.0 cm³/mol. The molecule has 1 fully saturated rings. The van der Waals surface area contributed by atoms with Crippen molar-refractivity contribution in [3.63, 3.8) is 0 Å². The average Bonchev–Trinajstić information content (AvgIpc) is 2.45. The van der Waals surface area contributed by atoms with Crippen molar-refractivity contribution in [3.05, 3.63) is 0 Å². The van der Waals surface area contributed by atoms with Gasteiger partial charge in [-0.25, -0.2) is 0 Å². The van der Waals surface area contributed by atoms with E-state index in [0.717, 1.165) is 32.0 Å². The van der Waals surface area contributed by atoms with Crippen LogP contribution in [0.1, 0.15) is 52.4 Å². The lowest BCUT2D eigenvalue weighted by Gasteiger charge is -2.47. The first-order valence-electron chi connectivity index (χ1n) is 7.73. The van der Waals surface area contributed by atoms with Crippen molar-refractivity contribution in [1.82, 2.24) is 10.2 Å². The molecular formula is C15H31N3O. The van der Waals surface area contributed by atoms with Gasteiger partial charge in [-0.05, 0) is 51.1 Å². The number of nitrogens with two attached hydrogens (primary N) is 1. The highest BCUT2D eigenvalue weighted by Gasteiger charge is 2.37. The molecule has 0 radical (unpaired) electrons. The van der Waals surface area contributed by atoms with E-state index in [1.807, 2.05) is 0 Å². The largest absolute Gasteiger partial charge is 0.359 e. The molecule has 0 aromatic carbocycles. The standard InChI is InChI=1S/C15H31N3O/c1-4-18(11-5-6-14(19)17-3)15(12-16)9-7-13(2)8-10-15/h13H,4-12,16H2,1-3H3,(H,17,19). The van der Waals surface area contributed by atoms with Crippen LogP contribution in [0.4, 0.5) is 0 Å². The van der Waals surface area contributed by atoms with Gasteiger partial charge >= 0.3 is 0 Å². The second-order valence-corrected chi connectivity index (χ2v) is 5.97. The van der Waals surface area contributed by atoms with E-state index in [1.54, 1.807) is 7.05 Å². The molecule has 1 saturated carbocycles. The summed E-state index contributed by atoms with van der Waals surface area (Å²) in [4.78, 5) is 13.8. The first-order valence-corrected chi connectivity index (χ1v) is 7.73. The molecule has 0 spiro atoms. The molecule has 0 saturated heterocycles. The fraction of sp³-hybridized carbons (Fsp3) is 0.933. The van der Waals surface area contributed by atoms with Crippen molar-refractivity contribution >= 4 is 5.91 Å². The van der Waals surface area contributed by atoms with E-state index in [2.05, 4.69) is 24.1 Å². The second-order valence-electron chi connectivity index (χ2n) is 5.97. The summed E-state index contributed by atoms with van der Waals surface area (Å²) in [6.45, 7) is 7.29. The summed E-state index contributed by atoms with van der Waals surface area (Å²) in [5, 5.41) is 2.68. The lowest BCUT2D eigenvalue weighted by molar-refractivity contribution is -0.120. The number of amides is 1. The third-order valence-electron chi connectivity index (χ3n) is 4.75. The minimum atomic E-state index is 0.134. The molecule has 0 heterocycles. The van der Waals surface area contributed by atoms with Gasteiger partial charge < -0.3 is 11.1 Å². The minimum Gasteiger partial charge on any atom is -0.359 e. The molecule has 0 aliphatic heterocycles. The van der Waals surface area contributed by atoms with Crippen LogP contribution in [0.3, 0.4) is 0 Å². The number of likely N-dealkylation sites (N-methyl/N-ethyl adjacent to an activating group) is 1. The van der Waals surface area contributed by atoms with E-state index in [1.165, 1.54) is 25.7 Å². The molecule has 0 aromatic heterocycles. The molecule has 1 rings (SSSR count). The van der Waals surface area contributed by atoms with E-state index >= 15 is 0 Å². The van der Waals surface area contributed by atoms with Gasteiger partial charge in [-0.2, -0.15) is 0 Å². The van der Waals surface area contributed by atoms with Crippen LogP contribution in [0.25, 0.3) is 0 Å². The van der Waals surface area contributed by atoms with Crippen LogP contribution in [0.5, 0.6) is 0 Å². The van der Waals surface area contributed by atoms with Crippen LogP contribution in [0, 0.1) is 5.92 Å². The zero-order chi connectivity index (χ0) is 14.3. The number of rotatable bonds is 7. The normalized spacial score (nSPS) is 27.5. The van der Waals surface area contributed by atoms with E-state index in [9.17, 15) is 4.79 Å². The molecule has 0 atom stereocenters. The van der Waals surface area contributed by atoms with Crippen LogP contribution in [-0.4, -0.2) is 43.0 Å². The Labute approximate surface area is 118 Å². The first kappa shape index (κ1) is 16.4. The van der Waals surface area contributed by atoms with Crippen LogP contribution in [-0.2, 0) is 4.79 Å². The number of hydrogen-bond acceptors (Lipinski definition) is 3. The summed E-state index contributed by atoms with van der Waals surface area (Å²) in [5.41, 5.74) is 6.28. The molecule has 3 N–H and O–H groups in total. The van der Waals surface area contributed by atoms with Gasteiger partial charge in [0.15, 0.2) is 0 Å². The van der Waals surface area contributed by atoms with Gasteiger partial charge in [0.2, 0.25) is 5.91 Å². The Balaban J connectivity index is 2.53. The summed E-state index contributed by atoms with van der Waals surface area (Å²) < 4.78 is 0. The fourth-order valence-electron chi connectivity index (χ4n) is 3.24. The third kappa shape index (κ3) is 4.46. The number of carbonyl (C=O) groups is 1. The summed E-state index contributed by atoms with van der Waals surface area (Å²) in [5.74, 6) is 0.972. The van der Waals surface area contributed by atoms with Crippen molar-refractivity contribution in [2.45, 2.75) is 57.9 Å². The third-order valence-corrected chi connectivity index (χ3v) is 4.75. The summed E-state index contributed by atoms with van der Waals surface area (Å²) in [6, 6.07) is 0. The van der Waals surface area contributed by atoms with E-state index < -0.39 is 0 Å². The van der Waals surface area contributed by atoms with Crippen molar-refractivity contribution in [1.29, 1.82) is 0 Å². The van der Waals surface area contributed by atoms with Crippen molar-refractivity contribution in [2.24, 2.45) is 11.7 Å². The average molecular weight is 269 g/mol. The van der Waals surface area contributed by atoms with E-state index in [-0.39, 0.29) is 11.4 Å². The van der Waals surface area contributed by atoms with Gasteiger partial charge in [-0.15, -0.1) is 0 Å². The predicted octanol–water partition coefficient (Wildman–Crippen LogP) is 1.74. The lowest BCUT2D eigenvalue weighted by Crippen LogP contribution is -2.55. The Bertz CT molecular complexity index is 273. The second kappa shape index (κ2) is 7.85. The zero-order valence-corrected chi connectivity index (χ0v) is 12.9. The molecule has 19 heavy (non-hydrogen) atoms. The highest BCUT2D eigenvalue weighted by atomic mass is 16.1. The molecule has 0 unspecified atom stereocenters. The van der Waals surface area contributed by atoms with Gasteiger partial charge in [-0.1, -0.05) is 13.8 Å². The first-order chi connectivity index (χ1) is 9.07. The van der Waals surface area contributed by atoms with Crippen LogP contribution in [0.2, 0.25) is 0 Å². The summed E-state index contributed by atoms with van der Waals surface area (Å²) in [6.07, 6.45) is 6.51. The van der Waals surface area contributed by atoms with Gasteiger partial charge in [0.25, 0.3) is 0 Å². The quantitative estimate of drug-likeness (QED) is 0.740. The Hall–Kier alpha value is -0.610. The molecule has 1 amide bonds. The van der Waals surface area contributed by atoms with Gasteiger partial charge in [-0.3, -0.25) is 9.69 Å². The molecule has 0 bridgehead atoms. The monoisotopic (exact) mass is 269 g/mol. The summed E-state index contributed by atoms with van der Waals surface area (Å²) in [7, 11) is 1.70. The SMILES string of the molecule is CCN(CCCC(=O)NC)C1(CN)CCC(C)CC1. The minimum absolute atomic E-state index is 0.134. The molecular weight excluding hydrogens is 238 g/mol. The maximum atomic E-state index is 11.3. The smallest absolute Gasteiger partial charge is 0.219 e. The number of nitrogens with one attached hydrogen (secondary N) is 1. The van der Waals surface area contributed by atoms with Gasteiger partial charge in [0.05, 0.1) is 0 Å². The number of hydrogen-bond donors (Lipinski definition) is 2. The highest BCUT2D eigenvalue weighted by molar-refractivity contribution is 5.75. The molecule has 0 aromatic rings. The lowest BCUT2D eigenvalue weighted by atomic mass is 9.76. The van der Waals surface area contributed by atoms with E-state index in [0.29, 0.717) is 6.42 Å². The van der Waals surface area contributed by atoms with Gasteiger partial charge in [0.1, 0.15) is 0 Å². The Morgan fingerprint density at radius 3 is 2.53 bits per heavy atom. The molecule has 4 nitrogen and oxygen atoms in total. The zero-order valence-electron chi connectivity index (χ0n) is 12.9. The number of nitrogens with zero attached hydrogens (tertiary/aromatic N) is 1. The van der Waals surface area contributed by atoms with Crippen LogP contribution >= 0.6 is 0 Å². The Morgan fingerprint density at radius 1 is 1.42 bits per heavy atom. The topological polar surface area (TPSA) is 58.4 Å². The molecule has 112 valence electrons. The maximum absolute atomic E-state index is 11.3. The summed E-state index contributed by atoms with van der Waals surface area (Å²) >= 11 is 0. The Kier molecular flexibility index (Phi) is 6.80. The molecule has 1 aliphatic rings. The van der Waals surface area contributed by atoms with Crippen LogP contribution in [0.15, 0.2) is 0 Å². The van der Waals surface area contributed by atoms with Crippen LogP contribution < -0.4 is 11.1 Å². The van der Waals surface area contributed by atoms with Crippen molar-refractivity contribution in [2.75, 3.05) is 26.7 Å². The Morgan fingerprint density at radius 2 is 2.05 bits per heavy atom.